The number of rotatable bonds is 3. The number of ether oxygens (including phenoxy) is 1. The predicted molar refractivity (Wildman–Crippen MR) is 93.5 cm³/mol. The predicted octanol–water partition coefficient (Wildman–Crippen LogP) is 4.28. The van der Waals surface area contributed by atoms with Crippen molar-refractivity contribution in [2.75, 3.05) is 5.73 Å². The van der Waals surface area contributed by atoms with Crippen LogP contribution in [0.1, 0.15) is 37.3 Å². The van der Waals surface area contributed by atoms with Gasteiger partial charge in [-0.1, -0.05) is 25.0 Å². The van der Waals surface area contributed by atoms with Crippen molar-refractivity contribution < 1.29 is 4.74 Å². The van der Waals surface area contributed by atoms with Crippen LogP contribution in [0.4, 0.5) is 5.82 Å². The Morgan fingerprint density at radius 1 is 1.25 bits per heavy atom. The second-order valence-corrected chi connectivity index (χ2v) is 6.52. The number of hydrogen-bond acceptors (Lipinski definition) is 5. The Morgan fingerprint density at radius 3 is 2.79 bits per heavy atom. The average Bonchev–Trinajstić information content (AvgIpc) is 3.15. The van der Waals surface area contributed by atoms with Gasteiger partial charge < -0.3 is 10.5 Å². The Bertz CT molecular complexity index is 901. The first-order valence-electron chi connectivity index (χ1n) is 8.07. The van der Waals surface area contributed by atoms with Gasteiger partial charge in [-0.3, -0.25) is 0 Å². The molecule has 0 amide bonds. The monoisotopic (exact) mass is 343 g/mol. The van der Waals surface area contributed by atoms with Gasteiger partial charge >= 0.3 is 0 Å². The summed E-state index contributed by atoms with van der Waals surface area (Å²) in [7, 11) is 0. The average molecular weight is 344 g/mol. The number of fused-ring (bicyclic) bond motifs is 1. The van der Waals surface area contributed by atoms with Crippen LogP contribution < -0.4 is 10.5 Å². The maximum absolute atomic E-state index is 6.08. The zero-order valence-corrected chi connectivity index (χ0v) is 14.1. The molecule has 4 rings (SSSR count). The highest BCUT2D eigenvalue weighted by atomic mass is 35.5. The summed E-state index contributed by atoms with van der Waals surface area (Å²) in [6, 6.07) is 8.10. The van der Waals surface area contributed by atoms with Crippen molar-refractivity contribution >= 4 is 28.5 Å². The Balaban J connectivity index is 1.85. The molecule has 2 N–H and O–H groups in total. The molecule has 0 radical (unpaired) electrons. The number of anilines is 1. The number of nitrogen functional groups attached to an aromatic ring is 1. The number of hydrogen-bond donors (Lipinski definition) is 1. The number of benzene rings is 1. The summed E-state index contributed by atoms with van der Waals surface area (Å²) < 4.78 is 7.90. The summed E-state index contributed by atoms with van der Waals surface area (Å²) in [4.78, 5) is 8.42. The minimum Gasteiger partial charge on any atom is -0.437 e. The molecule has 0 saturated heterocycles. The smallest absolute Gasteiger partial charge is 0.251 e. The SMILES string of the molecule is Cc1cccc(Oc2nn(C3CCCC3)c3nc(Cl)nc(N)c23)c1. The van der Waals surface area contributed by atoms with Crippen LogP contribution in [0, 0.1) is 6.92 Å². The number of aromatic nitrogens is 4. The minimum atomic E-state index is 0.126. The molecule has 2 heterocycles. The quantitative estimate of drug-likeness (QED) is 0.718. The van der Waals surface area contributed by atoms with Crippen LogP contribution in [0.25, 0.3) is 11.0 Å². The molecular formula is C17H18ClN5O. The number of aryl methyl sites for hydroxylation is 1. The van der Waals surface area contributed by atoms with E-state index < -0.39 is 0 Å². The van der Waals surface area contributed by atoms with Gasteiger partial charge in [0.2, 0.25) is 5.28 Å². The molecule has 0 atom stereocenters. The van der Waals surface area contributed by atoms with Crippen molar-refractivity contribution in [2.45, 2.75) is 38.6 Å². The van der Waals surface area contributed by atoms with Gasteiger partial charge in [0.1, 0.15) is 17.0 Å². The molecule has 3 aromatic rings. The standard InChI is InChI=1S/C17H18ClN5O/c1-10-5-4-8-12(9-10)24-16-13-14(19)20-17(18)21-15(13)23(22-16)11-6-2-3-7-11/h4-5,8-9,11H,2-3,6-7H2,1H3,(H2,19,20,21). The minimum absolute atomic E-state index is 0.126. The van der Waals surface area contributed by atoms with Gasteiger partial charge in [-0.25, -0.2) is 9.67 Å². The van der Waals surface area contributed by atoms with Crippen molar-refractivity contribution in [1.82, 2.24) is 19.7 Å². The molecule has 0 aliphatic heterocycles. The molecule has 0 bridgehead atoms. The normalized spacial score (nSPS) is 15.2. The number of nitrogens with two attached hydrogens (primary N) is 1. The largest absolute Gasteiger partial charge is 0.437 e. The maximum Gasteiger partial charge on any atom is 0.251 e. The Kier molecular flexibility index (Phi) is 3.76. The molecular weight excluding hydrogens is 326 g/mol. The van der Waals surface area contributed by atoms with E-state index >= 15 is 0 Å². The molecule has 0 spiro atoms. The van der Waals surface area contributed by atoms with E-state index in [1.54, 1.807) is 0 Å². The lowest BCUT2D eigenvalue weighted by molar-refractivity contribution is 0.422. The third-order valence-electron chi connectivity index (χ3n) is 4.39. The van der Waals surface area contributed by atoms with E-state index in [1.807, 2.05) is 35.9 Å². The molecule has 1 aliphatic rings. The van der Waals surface area contributed by atoms with Gasteiger partial charge in [-0.15, -0.1) is 5.10 Å². The van der Waals surface area contributed by atoms with Crippen molar-refractivity contribution in [1.29, 1.82) is 0 Å². The highest BCUT2D eigenvalue weighted by molar-refractivity contribution is 6.28. The van der Waals surface area contributed by atoms with Crippen molar-refractivity contribution in [3.8, 4) is 11.6 Å². The van der Waals surface area contributed by atoms with E-state index in [2.05, 4.69) is 15.1 Å². The van der Waals surface area contributed by atoms with Crippen LogP contribution in [0.3, 0.4) is 0 Å². The molecule has 1 aromatic carbocycles. The Labute approximate surface area is 144 Å². The first-order valence-corrected chi connectivity index (χ1v) is 8.45. The fourth-order valence-electron chi connectivity index (χ4n) is 3.27. The highest BCUT2D eigenvalue weighted by Gasteiger charge is 2.25. The summed E-state index contributed by atoms with van der Waals surface area (Å²) >= 11 is 6.01. The van der Waals surface area contributed by atoms with Gasteiger partial charge in [-0.05, 0) is 49.1 Å². The third-order valence-corrected chi connectivity index (χ3v) is 4.56. The van der Waals surface area contributed by atoms with Crippen LogP contribution in [0.2, 0.25) is 5.28 Å². The first-order chi connectivity index (χ1) is 11.6. The van der Waals surface area contributed by atoms with Gasteiger partial charge in [0.15, 0.2) is 5.65 Å². The fraction of sp³-hybridized carbons (Fsp3) is 0.353. The molecule has 7 heteroatoms. The zero-order chi connectivity index (χ0) is 16.7. The molecule has 24 heavy (non-hydrogen) atoms. The van der Waals surface area contributed by atoms with Gasteiger partial charge in [0.05, 0.1) is 6.04 Å². The second-order valence-electron chi connectivity index (χ2n) is 6.18. The first kappa shape index (κ1) is 15.2. The van der Waals surface area contributed by atoms with E-state index in [4.69, 9.17) is 22.1 Å². The third kappa shape index (κ3) is 2.67. The summed E-state index contributed by atoms with van der Waals surface area (Å²) in [5.41, 5.74) is 7.84. The maximum atomic E-state index is 6.08. The Hall–Kier alpha value is -2.34. The molecule has 6 nitrogen and oxygen atoms in total. The van der Waals surface area contributed by atoms with E-state index in [-0.39, 0.29) is 11.1 Å². The fourth-order valence-corrected chi connectivity index (χ4v) is 3.44. The number of halogens is 1. The molecule has 1 aliphatic carbocycles. The second kappa shape index (κ2) is 5.94. The zero-order valence-electron chi connectivity index (χ0n) is 13.4. The molecule has 2 aromatic heterocycles. The lowest BCUT2D eigenvalue weighted by Crippen LogP contribution is -2.08. The van der Waals surface area contributed by atoms with Crippen molar-refractivity contribution in [3.05, 3.63) is 35.1 Å². The lowest BCUT2D eigenvalue weighted by atomic mass is 10.2. The molecule has 1 saturated carbocycles. The van der Waals surface area contributed by atoms with Crippen LogP contribution in [-0.4, -0.2) is 19.7 Å². The highest BCUT2D eigenvalue weighted by Crippen LogP contribution is 2.37. The van der Waals surface area contributed by atoms with Gasteiger partial charge in [0, 0.05) is 0 Å². The molecule has 1 fully saturated rings. The van der Waals surface area contributed by atoms with Gasteiger partial charge in [-0.2, -0.15) is 4.98 Å². The molecule has 124 valence electrons. The van der Waals surface area contributed by atoms with Crippen LogP contribution >= 0.6 is 11.6 Å². The van der Waals surface area contributed by atoms with E-state index in [1.165, 1.54) is 12.8 Å². The van der Waals surface area contributed by atoms with Crippen molar-refractivity contribution in [3.63, 3.8) is 0 Å². The molecule has 0 unspecified atom stereocenters. The van der Waals surface area contributed by atoms with Crippen LogP contribution in [0.15, 0.2) is 24.3 Å². The summed E-state index contributed by atoms with van der Waals surface area (Å²) in [6.07, 6.45) is 4.52. The van der Waals surface area contributed by atoms with Crippen LogP contribution in [0.5, 0.6) is 11.6 Å². The summed E-state index contributed by atoms with van der Waals surface area (Å²) in [5, 5.41) is 5.40. The Morgan fingerprint density at radius 2 is 2.04 bits per heavy atom. The van der Waals surface area contributed by atoms with Crippen LogP contribution in [-0.2, 0) is 0 Å². The summed E-state index contributed by atoms with van der Waals surface area (Å²) in [6.45, 7) is 2.01. The van der Waals surface area contributed by atoms with Gasteiger partial charge in [0.25, 0.3) is 5.88 Å². The van der Waals surface area contributed by atoms with Crippen molar-refractivity contribution in [2.24, 2.45) is 0 Å². The lowest BCUT2D eigenvalue weighted by Gasteiger charge is -2.10. The van der Waals surface area contributed by atoms with E-state index in [0.29, 0.717) is 28.7 Å². The summed E-state index contributed by atoms with van der Waals surface area (Å²) in [5.74, 6) is 1.43. The number of nitrogens with zero attached hydrogens (tertiary/aromatic N) is 4. The van der Waals surface area contributed by atoms with E-state index in [9.17, 15) is 0 Å². The topological polar surface area (TPSA) is 78.8 Å². The van der Waals surface area contributed by atoms with E-state index in [0.717, 1.165) is 18.4 Å².